The van der Waals surface area contributed by atoms with Gasteiger partial charge in [0.25, 0.3) is 0 Å². The highest BCUT2D eigenvalue weighted by molar-refractivity contribution is 7.19. The first-order chi connectivity index (χ1) is 17.0. The molecule has 0 spiro atoms. The highest BCUT2D eigenvalue weighted by Gasteiger charge is 2.16. The number of nitrogens with zero attached hydrogens (tertiary/aromatic N) is 5. The maximum Gasteiger partial charge on any atom is 0.243 e. The van der Waals surface area contributed by atoms with E-state index in [-0.39, 0.29) is 17.5 Å². The minimum absolute atomic E-state index is 0.110. The summed E-state index contributed by atoms with van der Waals surface area (Å²) in [5.41, 5.74) is 3.39. The van der Waals surface area contributed by atoms with Crippen LogP contribution in [0.4, 0.5) is 17.3 Å². The molecule has 35 heavy (non-hydrogen) atoms. The predicted octanol–water partition coefficient (Wildman–Crippen LogP) is 5.16. The first kappa shape index (κ1) is 23.5. The molecule has 10 heteroatoms. The van der Waals surface area contributed by atoms with Crippen LogP contribution in [-0.4, -0.2) is 58.2 Å². The lowest BCUT2D eigenvalue weighted by atomic mass is 10.1. The standard InChI is InChI=1S/C25H25ClN6O2S/c1-3-23-28-21-13-18(5-7-22(21)35-23)34-24-19(26)14-27-25(30-24)29-20-6-4-17(12-16(20)15-33)32-10-8-31(2)9-11-32/h3-7,12-14,33H,1,8-11,15H2,2H3,(H,27,29,30). The number of halogens is 1. The van der Waals surface area contributed by atoms with Crippen molar-refractivity contribution in [3.8, 4) is 11.6 Å². The molecule has 0 aliphatic carbocycles. The Morgan fingerprint density at radius 1 is 1.17 bits per heavy atom. The molecule has 0 radical (unpaired) electrons. The smallest absolute Gasteiger partial charge is 0.243 e. The van der Waals surface area contributed by atoms with Crippen LogP contribution in [0, 0.1) is 0 Å². The van der Waals surface area contributed by atoms with Crippen LogP contribution in [0.3, 0.4) is 0 Å². The summed E-state index contributed by atoms with van der Waals surface area (Å²) < 4.78 is 7.00. The van der Waals surface area contributed by atoms with E-state index in [1.165, 1.54) is 6.20 Å². The second-order valence-electron chi connectivity index (χ2n) is 8.25. The minimum Gasteiger partial charge on any atom is -0.437 e. The van der Waals surface area contributed by atoms with Crippen molar-refractivity contribution in [2.24, 2.45) is 0 Å². The Hall–Kier alpha value is -3.24. The normalized spacial score (nSPS) is 14.3. The number of thiazole rings is 1. The fraction of sp³-hybridized carbons (Fsp3) is 0.240. The highest BCUT2D eigenvalue weighted by Crippen LogP contribution is 2.33. The number of hydrogen-bond acceptors (Lipinski definition) is 9. The summed E-state index contributed by atoms with van der Waals surface area (Å²) in [5.74, 6) is 1.11. The van der Waals surface area contributed by atoms with E-state index in [0.29, 0.717) is 11.7 Å². The van der Waals surface area contributed by atoms with Crippen molar-refractivity contribution in [1.29, 1.82) is 0 Å². The van der Waals surface area contributed by atoms with Crippen molar-refractivity contribution in [1.82, 2.24) is 19.9 Å². The summed E-state index contributed by atoms with van der Waals surface area (Å²) >= 11 is 7.88. The van der Waals surface area contributed by atoms with Gasteiger partial charge in [-0.15, -0.1) is 11.3 Å². The van der Waals surface area contributed by atoms with Gasteiger partial charge in [-0.25, -0.2) is 9.97 Å². The molecule has 4 aromatic rings. The van der Waals surface area contributed by atoms with E-state index in [4.69, 9.17) is 16.3 Å². The van der Waals surface area contributed by atoms with Crippen LogP contribution in [0.2, 0.25) is 5.02 Å². The van der Waals surface area contributed by atoms with Crippen LogP contribution < -0.4 is 15.0 Å². The Balaban J connectivity index is 1.35. The van der Waals surface area contributed by atoms with Gasteiger partial charge in [0, 0.05) is 49.2 Å². The monoisotopic (exact) mass is 508 g/mol. The zero-order chi connectivity index (χ0) is 24.4. The summed E-state index contributed by atoms with van der Waals surface area (Å²) in [5, 5.41) is 14.3. The van der Waals surface area contributed by atoms with Gasteiger partial charge in [-0.3, -0.25) is 0 Å². The van der Waals surface area contributed by atoms with Crippen molar-refractivity contribution in [3.63, 3.8) is 0 Å². The number of anilines is 3. The van der Waals surface area contributed by atoms with Crippen LogP contribution in [0.1, 0.15) is 10.6 Å². The van der Waals surface area contributed by atoms with Gasteiger partial charge in [-0.2, -0.15) is 4.98 Å². The van der Waals surface area contributed by atoms with Crippen molar-refractivity contribution in [2.75, 3.05) is 43.4 Å². The van der Waals surface area contributed by atoms with Gasteiger partial charge in [-0.05, 0) is 43.5 Å². The number of aromatic nitrogens is 3. The molecule has 1 fully saturated rings. The Morgan fingerprint density at radius 3 is 2.77 bits per heavy atom. The van der Waals surface area contributed by atoms with Crippen LogP contribution >= 0.6 is 22.9 Å². The molecule has 1 aliphatic heterocycles. The summed E-state index contributed by atoms with van der Waals surface area (Å²) in [7, 11) is 2.13. The topological polar surface area (TPSA) is 86.6 Å². The fourth-order valence-electron chi connectivity index (χ4n) is 3.89. The quantitative estimate of drug-likeness (QED) is 0.354. The first-order valence-electron chi connectivity index (χ1n) is 11.2. The molecule has 2 aromatic carbocycles. The molecular weight excluding hydrogens is 484 g/mol. The average molecular weight is 509 g/mol. The van der Waals surface area contributed by atoms with Crippen molar-refractivity contribution in [2.45, 2.75) is 6.61 Å². The number of aliphatic hydroxyl groups excluding tert-OH is 1. The number of benzene rings is 2. The lowest BCUT2D eigenvalue weighted by molar-refractivity contribution is 0.282. The number of piperazine rings is 1. The lowest BCUT2D eigenvalue weighted by Gasteiger charge is -2.34. The van der Waals surface area contributed by atoms with E-state index in [1.807, 2.05) is 36.4 Å². The molecule has 3 heterocycles. The van der Waals surface area contributed by atoms with E-state index < -0.39 is 0 Å². The van der Waals surface area contributed by atoms with Crippen LogP contribution in [-0.2, 0) is 6.61 Å². The van der Waals surface area contributed by atoms with Crippen molar-refractivity contribution >= 4 is 56.6 Å². The summed E-state index contributed by atoms with van der Waals surface area (Å²) in [4.78, 5) is 17.9. The SMILES string of the molecule is C=Cc1nc2cc(Oc3nc(Nc4ccc(N5CCN(C)CC5)cc4CO)ncc3Cl)ccc2s1. The zero-order valence-electron chi connectivity index (χ0n) is 19.2. The molecule has 1 saturated heterocycles. The van der Waals surface area contributed by atoms with Gasteiger partial charge in [0.05, 0.1) is 23.0 Å². The van der Waals surface area contributed by atoms with E-state index >= 15 is 0 Å². The fourth-order valence-corrected chi connectivity index (χ4v) is 4.81. The van der Waals surface area contributed by atoms with Gasteiger partial charge in [0.1, 0.15) is 15.8 Å². The number of aliphatic hydroxyl groups is 1. The van der Waals surface area contributed by atoms with Crippen molar-refractivity contribution in [3.05, 3.63) is 64.8 Å². The minimum atomic E-state index is -0.110. The Labute approximate surface area is 212 Å². The third-order valence-electron chi connectivity index (χ3n) is 5.85. The first-order valence-corrected chi connectivity index (χ1v) is 12.4. The van der Waals surface area contributed by atoms with Gasteiger partial charge in [0.2, 0.25) is 11.8 Å². The average Bonchev–Trinajstić information content (AvgIpc) is 3.29. The molecule has 0 bridgehead atoms. The van der Waals surface area contributed by atoms with Gasteiger partial charge in [0.15, 0.2) is 0 Å². The number of rotatable bonds is 7. The molecule has 8 nitrogen and oxygen atoms in total. The molecule has 0 unspecified atom stereocenters. The maximum absolute atomic E-state index is 10.00. The summed E-state index contributed by atoms with van der Waals surface area (Å²) in [6.07, 6.45) is 3.21. The van der Waals surface area contributed by atoms with Crippen LogP contribution in [0.5, 0.6) is 11.6 Å². The van der Waals surface area contributed by atoms with Gasteiger partial charge >= 0.3 is 0 Å². The van der Waals surface area contributed by atoms with Crippen LogP contribution in [0.15, 0.2) is 49.2 Å². The van der Waals surface area contributed by atoms with E-state index in [1.54, 1.807) is 17.4 Å². The molecule has 0 atom stereocenters. The van der Waals surface area contributed by atoms with E-state index in [9.17, 15) is 5.11 Å². The van der Waals surface area contributed by atoms with E-state index in [0.717, 1.165) is 58.3 Å². The second-order valence-corrected chi connectivity index (χ2v) is 9.72. The van der Waals surface area contributed by atoms with E-state index in [2.05, 4.69) is 43.7 Å². The Kier molecular flexibility index (Phi) is 6.83. The van der Waals surface area contributed by atoms with Crippen LogP contribution in [0.25, 0.3) is 16.3 Å². The predicted molar refractivity (Wildman–Crippen MR) is 142 cm³/mol. The molecule has 5 rings (SSSR count). The number of likely N-dealkylation sites (N-methyl/N-ethyl adjacent to an activating group) is 1. The lowest BCUT2D eigenvalue weighted by Crippen LogP contribution is -2.44. The zero-order valence-corrected chi connectivity index (χ0v) is 20.8. The molecule has 180 valence electrons. The summed E-state index contributed by atoms with van der Waals surface area (Å²) in [6.45, 7) is 7.60. The molecular formula is C25H25ClN6O2S. The number of hydrogen-bond donors (Lipinski definition) is 2. The number of ether oxygens (including phenoxy) is 1. The van der Waals surface area contributed by atoms with Gasteiger partial charge in [-0.1, -0.05) is 18.2 Å². The van der Waals surface area contributed by atoms with Gasteiger partial charge < -0.3 is 25.0 Å². The molecule has 0 amide bonds. The Morgan fingerprint density at radius 2 is 2.00 bits per heavy atom. The molecule has 2 aromatic heterocycles. The molecule has 1 aliphatic rings. The number of fused-ring (bicyclic) bond motifs is 1. The summed E-state index contributed by atoms with van der Waals surface area (Å²) in [6, 6.07) is 11.6. The molecule has 2 N–H and O–H groups in total. The van der Waals surface area contributed by atoms with Crippen molar-refractivity contribution < 1.29 is 9.84 Å². The third kappa shape index (κ3) is 5.23. The second kappa shape index (κ2) is 10.2. The highest BCUT2D eigenvalue weighted by atomic mass is 35.5. The molecule has 0 saturated carbocycles. The number of nitrogens with one attached hydrogen (secondary N) is 1. The Bertz CT molecular complexity index is 1370. The largest absolute Gasteiger partial charge is 0.437 e. The maximum atomic E-state index is 10.00. The third-order valence-corrected chi connectivity index (χ3v) is 7.14.